The number of nitrogens with one attached hydrogen (secondary N) is 2. The molecule has 1 aliphatic rings. The summed E-state index contributed by atoms with van der Waals surface area (Å²) in [5.74, 6) is 0.286. The van der Waals surface area contributed by atoms with Crippen LogP contribution < -0.4 is 15.8 Å². The number of rotatable bonds is 8. The molecule has 0 radical (unpaired) electrons. The van der Waals surface area contributed by atoms with E-state index < -0.39 is 10.0 Å². The molecule has 1 amide bonds. The molecule has 23 heavy (non-hydrogen) atoms. The topological polar surface area (TPSA) is 101 Å². The normalized spacial score (nSPS) is 17.5. The first kappa shape index (κ1) is 17.9. The van der Waals surface area contributed by atoms with Crippen LogP contribution in [0.5, 0.6) is 0 Å². The van der Waals surface area contributed by atoms with E-state index in [-0.39, 0.29) is 22.9 Å². The van der Waals surface area contributed by atoms with Gasteiger partial charge in [0.2, 0.25) is 10.0 Å². The van der Waals surface area contributed by atoms with Gasteiger partial charge in [0.15, 0.2) is 0 Å². The lowest BCUT2D eigenvalue weighted by atomic mass is 10.2. The van der Waals surface area contributed by atoms with Crippen molar-refractivity contribution in [2.24, 2.45) is 11.7 Å². The predicted molar refractivity (Wildman–Crippen MR) is 89.5 cm³/mol. The minimum absolute atomic E-state index is 0.00154. The van der Waals surface area contributed by atoms with E-state index >= 15 is 0 Å². The Morgan fingerprint density at radius 1 is 1.30 bits per heavy atom. The van der Waals surface area contributed by atoms with Crippen molar-refractivity contribution in [1.82, 2.24) is 10.0 Å². The minimum Gasteiger partial charge on any atom is -0.350 e. The standard InChI is InChI=1S/C16H25N3O3S/c1-3-11(2)19-23(21,22)14-8-6-13(7-9-14)16(20)18-10-15(17)12-4-5-12/h6-9,11-12,15,19H,3-5,10,17H2,1-2H3,(H,18,20). The van der Waals surface area contributed by atoms with Gasteiger partial charge < -0.3 is 11.1 Å². The number of carbonyl (C=O) groups is 1. The molecule has 1 fully saturated rings. The molecule has 2 unspecified atom stereocenters. The quantitative estimate of drug-likeness (QED) is 0.663. The van der Waals surface area contributed by atoms with Crippen LogP contribution in [-0.4, -0.2) is 33.0 Å². The molecular weight excluding hydrogens is 314 g/mol. The highest BCUT2D eigenvalue weighted by Gasteiger charge is 2.28. The van der Waals surface area contributed by atoms with E-state index in [0.717, 1.165) is 12.8 Å². The fraction of sp³-hybridized carbons (Fsp3) is 0.562. The lowest BCUT2D eigenvalue weighted by Crippen LogP contribution is -2.38. The van der Waals surface area contributed by atoms with Crippen molar-refractivity contribution in [2.75, 3.05) is 6.54 Å². The molecule has 0 aromatic heterocycles. The maximum absolute atomic E-state index is 12.2. The average molecular weight is 339 g/mol. The molecule has 0 spiro atoms. The van der Waals surface area contributed by atoms with Gasteiger partial charge in [-0.2, -0.15) is 0 Å². The zero-order valence-corrected chi connectivity index (χ0v) is 14.4. The van der Waals surface area contributed by atoms with Crippen molar-refractivity contribution >= 4 is 15.9 Å². The summed E-state index contributed by atoms with van der Waals surface area (Å²) in [6.07, 6.45) is 2.97. The molecule has 0 heterocycles. The van der Waals surface area contributed by atoms with Gasteiger partial charge >= 0.3 is 0 Å². The van der Waals surface area contributed by atoms with Crippen molar-refractivity contribution in [2.45, 2.75) is 50.1 Å². The number of hydrogen-bond donors (Lipinski definition) is 3. The number of sulfonamides is 1. The Kier molecular flexibility index (Phi) is 5.78. The third kappa shape index (κ3) is 5.02. The van der Waals surface area contributed by atoms with Crippen LogP contribution in [0, 0.1) is 5.92 Å². The first-order valence-corrected chi connectivity index (χ1v) is 9.48. The Bertz CT molecular complexity index is 639. The summed E-state index contributed by atoms with van der Waals surface area (Å²) < 4.78 is 26.9. The predicted octanol–water partition coefficient (Wildman–Crippen LogP) is 1.23. The van der Waals surface area contributed by atoms with Crippen molar-refractivity contribution in [1.29, 1.82) is 0 Å². The van der Waals surface area contributed by atoms with Gasteiger partial charge in [-0.15, -0.1) is 0 Å². The van der Waals surface area contributed by atoms with Crippen LogP contribution in [0.1, 0.15) is 43.5 Å². The van der Waals surface area contributed by atoms with Crippen LogP contribution in [0.2, 0.25) is 0 Å². The fourth-order valence-corrected chi connectivity index (χ4v) is 3.53. The lowest BCUT2D eigenvalue weighted by molar-refractivity contribution is 0.0950. The van der Waals surface area contributed by atoms with Gasteiger partial charge in [-0.3, -0.25) is 4.79 Å². The summed E-state index contributed by atoms with van der Waals surface area (Å²) in [7, 11) is -3.54. The molecule has 1 aliphatic carbocycles. The summed E-state index contributed by atoms with van der Waals surface area (Å²) in [6, 6.07) is 5.79. The lowest BCUT2D eigenvalue weighted by Gasteiger charge is -2.13. The van der Waals surface area contributed by atoms with E-state index in [1.807, 2.05) is 13.8 Å². The summed E-state index contributed by atoms with van der Waals surface area (Å²) in [5, 5.41) is 2.79. The molecule has 0 saturated heterocycles. The Morgan fingerprint density at radius 2 is 1.91 bits per heavy atom. The highest BCUT2D eigenvalue weighted by atomic mass is 32.2. The molecule has 0 bridgehead atoms. The van der Waals surface area contributed by atoms with E-state index in [2.05, 4.69) is 10.0 Å². The highest BCUT2D eigenvalue weighted by molar-refractivity contribution is 7.89. The van der Waals surface area contributed by atoms with Crippen molar-refractivity contribution in [3.63, 3.8) is 0 Å². The molecule has 7 heteroatoms. The first-order valence-electron chi connectivity index (χ1n) is 7.99. The Labute approximate surface area is 137 Å². The van der Waals surface area contributed by atoms with Crippen LogP contribution >= 0.6 is 0 Å². The molecule has 2 rings (SSSR count). The van der Waals surface area contributed by atoms with Gasteiger partial charge in [0.25, 0.3) is 5.91 Å². The molecule has 1 saturated carbocycles. The third-order valence-electron chi connectivity index (χ3n) is 4.12. The van der Waals surface area contributed by atoms with Crippen LogP contribution in [0.4, 0.5) is 0 Å². The second-order valence-electron chi connectivity index (χ2n) is 6.17. The molecule has 6 nitrogen and oxygen atoms in total. The number of nitrogens with two attached hydrogens (primary N) is 1. The van der Waals surface area contributed by atoms with Crippen molar-refractivity contribution in [3.8, 4) is 0 Å². The average Bonchev–Trinajstić information content (AvgIpc) is 3.36. The third-order valence-corrected chi connectivity index (χ3v) is 5.73. The van der Waals surface area contributed by atoms with E-state index in [0.29, 0.717) is 24.4 Å². The van der Waals surface area contributed by atoms with E-state index in [1.165, 1.54) is 24.3 Å². The van der Waals surface area contributed by atoms with Crippen LogP contribution in [0.25, 0.3) is 0 Å². The van der Waals surface area contributed by atoms with Gasteiger partial charge in [0.1, 0.15) is 0 Å². The first-order chi connectivity index (χ1) is 10.8. The Morgan fingerprint density at radius 3 is 2.43 bits per heavy atom. The Balaban J connectivity index is 1.96. The van der Waals surface area contributed by atoms with E-state index in [1.54, 1.807) is 0 Å². The summed E-state index contributed by atoms with van der Waals surface area (Å²) >= 11 is 0. The second kappa shape index (κ2) is 7.42. The SMILES string of the molecule is CCC(C)NS(=O)(=O)c1ccc(C(=O)NCC(N)C2CC2)cc1. The maximum atomic E-state index is 12.2. The molecule has 0 aliphatic heterocycles. The number of amides is 1. The van der Waals surface area contributed by atoms with E-state index in [4.69, 9.17) is 5.73 Å². The largest absolute Gasteiger partial charge is 0.350 e. The zero-order chi connectivity index (χ0) is 17.0. The molecule has 1 aromatic carbocycles. The summed E-state index contributed by atoms with van der Waals surface area (Å²) in [6.45, 7) is 4.16. The number of carbonyl (C=O) groups excluding carboxylic acids is 1. The van der Waals surface area contributed by atoms with Crippen LogP contribution in [0.15, 0.2) is 29.2 Å². The molecule has 1 aromatic rings. The van der Waals surface area contributed by atoms with Gasteiger partial charge in [-0.05, 0) is 56.4 Å². The molecular formula is C16H25N3O3S. The summed E-state index contributed by atoms with van der Waals surface area (Å²) in [5.41, 5.74) is 6.37. The zero-order valence-electron chi connectivity index (χ0n) is 13.6. The molecule has 2 atom stereocenters. The smallest absolute Gasteiger partial charge is 0.251 e. The number of hydrogen-bond acceptors (Lipinski definition) is 4. The minimum atomic E-state index is -3.54. The van der Waals surface area contributed by atoms with Crippen molar-refractivity contribution < 1.29 is 13.2 Å². The van der Waals surface area contributed by atoms with Gasteiger partial charge in [-0.25, -0.2) is 13.1 Å². The highest BCUT2D eigenvalue weighted by Crippen LogP contribution is 2.31. The van der Waals surface area contributed by atoms with Gasteiger partial charge in [0.05, 0.1) is 4.90 Å². The maximum Gasteiger partial charge on any atom is 0.251 e. The number of benzene rings is 1. The monoisotopic (exact) mass is 339 g/mol. The molecule has 128 valence electrons. The molecule has 4 N–H and O–H groups in total. The Hall–Kier alpha value is -1.44. The second-order valence-corrected chi connectivity index (χ2v) is 7.88. The van der Waals surface area contributed by atoms with Crippen LogP contribution in [-0.2, 0) is 10.0 Å². The van der Waals surface area contributed by atoms with Gasteiger partial charge in [-0.1, -0.05) is 6.92 Å². The van der Waals surface area contributed by atoms with Gasteiger partial charge in [0, 0.05) is 24.2 Å². The van der Waals surface area contributed by atoms with Crippen molar-refractivity contribution in [3.05, 3.63) is 29.8 Å². The summed E-state index contributed by atoms with van der Waals surface area (Å²) in [4.78, 5) is 12.2. The van der Waals surface area contributed by atoms with E-state index in [9.17, 15) is 13.2 Å². The fourth-order valence-electron chi connectivity index (χ4n) is 2.21. The van der Waals surface area contributed by atoms with Crippen LogP contribution in [0.3, 0.4) is 0 Å².